The molecule has 3 rings (SSSR count). The lowest BCUT2D eigenvalue weighted by molar-refractivity contribution is -0.138. The van der Waals surface area contributed by atoms with Crippen LogP contribution in [0.5, 0.6) is 11.5 Å². The molecule has 10 heteroatoms. The smallest absolute Gasteiger partial charge is 0.260 e. The number of benzene rings is 2. The first-order valence-electron chi connectivity index (χ1n) is 11.0. The fraction of sp³-hybridized carbons (Fsp3) is 0.375. The van der Waals surface area contributed by atoms with Gasteiger partial charge in [-0.2, -0.15) is 0 Å². The predicted molar refractivity (Wildman–Crippen MR) is 125 cm³/mol. The van der Waals surface area contributed by atoms with Crippen LogP contribution in [0.3, 0.4) is 0 Å². The van der Waals surface area contributed by atoms with Gasteiger partial charge in [-0.1, -0.05) is 23.7 Å². The van der Waals surface area contributed by atoms with Gasteiger partial charge in [-0.3, -0.25) is 14.4 Å². The number of para-hydroxylation sites is 1. The van der Waals surface area contributed by atoms with Gasteiger partial charge in [0.05, 0.1) is 18.2 Å². The fourth-order valence-electron chi connectivity index (χ4n) is 3.37. The number of amides is 3. The molecule has 0 fully saturated rings. The van der Waals surface area contributed by atoms with Crippen LogP contribution in [0, 0.1) is 5.82 Å². The van der Waals surface area contributed by atoms with Crippen LogP contribution in [0.4, 0.5) is 4.39 Å². The van der Waals surface area contributed by atoms with E-state index >= 15 is 0 Å². The molecule has 0 spiro atoms. The van der Waals surface area contributed by atoms with Crippen LogP contribution in [-0.2, 0) is 9.59 Å². The van der Waals surface area contributed by atoms with Crippen molar-refractivity contribution in [2.75, 3.05) is 32.8 Å². The third-order valence-corrected chi connectivity index (χ3v) is 5.33. The quantitative estimate of drug-likeness (QED) is 0.688. The molecule has 1 aliphatic heterocycles. The molecule has 3 amide bonds. The highest BCUT2D eigenvalue weighted by atomic mass is 35.5. The number of ether oxygens (including phenoxy) is 2. The molecule has 0 aliphatic carbocycles. The molecular formula is C24H27ClFN3O5. The summed E-state index contributed by atoms with van der Waals surface area (Å²) in [5.41, 5.74) is 0.308. The monoisotopic (exact) mass is 491 g/mol. The number of carbonyl (C=O) groups is 3. The Kier molecular flexibility index (Phi) is 9.09. The van der Waals surface area contributed by atoms with Gasteiger partial charge in [0.15, 0.2) is 18.2 Å². The van der Waals surface area contributed by atoms with Crippen LogP contribution in [0.15, 0.2) is 42.5 Å². The van der Waals surface area contributed by atoms with Gasteiger partial charge in [-0.25, -0.2) is 4.39 Å². The number of nitrogens with zero attached hydrogens (tertiary/aromatic N) is 1. The normalized spacial score (nSPS) is 17.9. The molecule has 1 heterocycles. The van der Waals surface area contributed by atoms with Gasteiger partial charge in [-0.15, -0.1) is 0 Å². The van der Waals surface area contributed by atoms with E-state index in [-0.39, 0.29) is 37.3 Å². The van der Waals surface area contributed by atoms with Crippen LogP contribution in [0.1, 0.15) is 30.1 Å². The van der Waals surface area contributed by atoms with Crippen molar-refractivity contribution >= 4 is 29.3 Å². The predicted octanol–water partition coefficient (Wildman–Crippen LogP) is 2.79. The minimum absolute atomic E-state index is 0.0354. The van der Waals surface area contributed by atoms with Gasteiger partial charge in [0, 0.05) is 18.1 Å². The van der Waals surface area contributed by atoms with Crippen molar-refractivity contribution < 1.29 is 28.2 Å². The molecule has 1 atom stereocenters. The molecule has 0 bridgehead atoms. The minimum Gasteiger partial charge on any atom is -0.491 e. The zero-order valence-electron chi connectivity index (χ0n) is 18.8. The number of carbonyl (C=O) groups excluding carboxylic acids is 3. The summed E-state index contributed by atoms with van der Waals surface area (Å²) >= 11 is 6.04. The van der Waals surface area contributed by atoms with Crippen LogP contribution in [0.25, 0.3) is 0 Å². The first-order chi connectivity index (χ1) is 16.3. The summed E-state index contributed by atoms with van der Waals surface area (Å²) in [5, 5.41) is 6.01. The average Bonchev–Trinajstić information content (AvgIpc) is 2.81. The minimum atomic E-state index is -0.572. The zero-order valence-corrected chi connectivity index (χ0v) is 19.6. The zero-order chi connectivity index (χ0) is 24.5. The van der Waals surface area contributed by atoms with Crippen LogP contribution < -0.4 is 20.1 Å². The molecule has 2 aromatic rings. The second-order valence-electron chi connectivity index (χ2n) is 7.92. The van der Waals surface area contributed by atoms with Crippen molar-refractivity contribution in [2.24, 2.45) is 0 Å². The molecule has 0 saturated heterocycles. The van der Waals surface area contributed by atoms with Crippen molar-refractivity contribution in [3.8, 4) is 11.5 Å². The van der Waals surface area contributed by atoms with Crippen molar-refractivity contribution in [3.63, 3.8) is 0 Å². The van der Waals surface area contributed by atoms with Gasteiger partial charge in [0.2, 0.25) is 5.91 Å². The van der Waals surface area contributed by atoms with E-state index < -0.39 is 24.4 Å². The van der Waals surface area contributed by atoms with E-state index in [9.17, 15) is 18.8 Å². The van der Waals surface area contributed by atoms with Crippen LogP contribution in [0.2, 0.25) is 5.02 Å². The SMILES string of the molecule is C[C@@H]1COc2ccc(Cl)cc2C(=O)NCCCCN(C(=O)COc2ccccc2F)CC(=O)N1. The lowest BCUT2D eigenvalue weighted by atomic mass is 10.2. The topological polar surface area (TPSA) is 97.0 Å². The van der Waals surface area contributed by atoms with E-state index in [0.29, 0.717) is 35.7 Å². The van der Waals surface area contributed by atoms with E-state index in [4.69, 9.17) is 21.1 Å². The first kappa shape index (κ1) is 25.3. The summed E-state index contributed by atoms with van der Waals surface area (Å²) in [6, 6.07) is 10.2. The highest BCUT2D eigenvalue weighted by Crippen LogP contribution is 2.23. The van der Waals surface area contributed by atoms with E-state index in [1.807, 2.05) is 0 Å². The number of hydrogen-bond donors (Lipinski definition) is 2. The number of rotatable bonds is 3. The Labute approximate surface area is 202 Å². The maximum Gasteiger partial charge on any atom is 0.260 e. The molecule has 0 unspecified atom stereocenters. The Morgan fingerprint density at radius 3 is 2.82 bits per heavy atom. The molecule has 182 valence electrons. The van der Waals surface area contributed by atoms with E-state index in [1.165, 1.54) is 29.2 Å². The summed E-state index contributed by atoms with van der Waals surface area (Å²) in [6.07, 6.45) is 1.10. The lowest BCUT2D eigenvalue weighted by Gasteiger charge is -2.23. The molecule has 34 heavy (non-hydrogen) atoms. The molecule has 0 saturated carbocycles. The van der Waals surface area contributed by atoms with Gasteiger partial charge >= 0.3 is 0 Å². The van der Waals surface area contributed by atoms with E-state index in [1.54, 1.807) is 25.1 Å². The summed E-state index contributed by atoms with van der Waals surface area (Å²) in [7, 11) is 0. The summed E-state index contributed by atoms with van der Waals surface area (Å²) in [6.45, 7) is 1.91. The maximum absolute atomic E-state index is 13.8. The third kappa shape index (κ3) is 7.34. The molecule has 0 radical (unpaired) electrons. The Morgan fingerprint density at radius 1 is 1.24 bits per heavy atom. The van der Waals surface area contributed by atoms with Crippen molar-refractivity contribution in [1.82, 2.24) is 15.5 Å². The molecule has 2 aromatic carbocycles. The van der Waals surface area contributed by atoms with Crippen molar-refractivity contribution in [1.29, 1.82) is 0 Å². The number of hydrogen-bond acceptors (Lipinski definition) is 5. The fourth-order valence-corrected chi connectivity index (χ4v) is 3.54. The van der Waals surface area contributed by atoms with Gasteiger partial charge in [0.1, 0.15) is 12.4 Å². The second-order valence-corrected chi connectivity index (χ2v) is 8.35. The van der Waals surface area contributed by atoms with Crippen molar-refractivity contribution in [3.05, 3.63) is 58.9 Å². The largest absolute Gasteiger partial charge is 0.491 e. The average molecular weight is 492 g/mol. The van der Waals surface area contributed by atoms with Crippen LogP contribution in [-0.4, -0.2) is 61.5 Å². The van der Waals surface area contributed by atoms with E-state index in [0.717, 1.165) is 0 Å². The molecular weight excluding hydrogens is 465 g/mol. The summed E-state index contributed by atoms with van der Waals surface area (Å²) in [4.78, 5) is 39.3. The Bertz CT molecular complexity index is 1040. The molecule has 2 N–H and O–H groups in total. The molecule has 0 aromatic heterocycles. The Balaban J connectivity index is 1.67. The number of halogens is 2. The van der Waals surface area contributed by atoms with Gasteiger partial charge in [0.25, 0.3) is 11.8 Å². The highest BCUT2D eigenvalue weighted by molar-refractivity contribution is 6.31. The summed E-state index contributed by atoms with van der Waals surface area (Å²) < 4.78 is 24.8. The second kappa shape index (κ2) is 12.2. The third-order valence-electron chi connectivity index (χ3n) is 5.10. The maximum atomic E-state index is 13.8. The number of nitrogens with one attached hydrogen (secondary N) is 2. The number of fused-ring (bicyclic) bond motifs is 1. The molecule has 8 nitrogen and oxygen atoms in total. The van der Waals surface area contributed by atoms with Crippen LogP contribution >= 0.6 is 11.6 Å². The Hall–Kier alpha value is -3.33. The Morgan fingerprint density at radius 2 is 2.03 bits per heavy atom. The van der Waals surface area contributed by atoms with Gasteiger partial charge in [-0.05, 0) is 50.1 Å². The highest BCUT2D eigenvalue weighted by Gasteiger charge is 2.21. The van der Waals surface area contributed by atoms with E-state index in [2.05, 4.69) is 10.6 Å². The first-order valence-corrected chi connectivity index (χ1v) is 11.4. The van der Waals surface area contributed by atoms with Gasteiger partial charge < -0.3 is 25.0 Å². The van der Waals surface area contributed by atoms with Crippen molar-refractivity contribution in [2.45, 2.75) is 25.8 Å². The molecule has 1 aliphatic rings. The lowest BCUT2D eigenvalue weighted by Crippen LogP contribution is -2.46. The standard InChI is InChI=1S/C24H27ClFN3O5/c1-16-14-33-20-9-8-17(25)12-18(20)24(32)27-10-4-5-11-29(13-22(30)28-16)23(31)15-34-21-7-3-2-6-19(21)26/h2-3,6-9,12,16H,4-5,10-11,13-15H2,1H3,(H,27,32)(H,28,30)/t16-/m1/s1. The summed E-state index contributed by atoms with van der Waals surface area (Å²) in [5.74, 6) is -1.38.